The molecule has 0 spiro atoms. The molecule has 2 N–H and O–H groups in total. The van der Waals surface area contributed by atoms with Gasteiger partial charge in [0.15, 0.2) is 0 Å². The average molecular weight is 348 g/mol. The Labute approximate surface area is 140 Å². The first-order valence-corrected chi connectivity index (χ1v) is 8.60. The lowest BCUT2D eigenvalue weighted by molar-refractivity contribution is 0.102. The molecule has 126 valence electrons. The second-order valence-electron chi connectivity index (χ2n) is 5.10. The van der Waals surface area contributed by atoms with Crippen molar-refractivity contribution >= 4 is 21.6 Å². The molecular formula is C17H17FN2O3S. The third-order valence-corrected chi connectivity index (χ3v) is 4.64. The van der Waals surface area contributed by atoms with Gasteiger partial charge in [0.05, 0.1) is 10.5 Å². The lowest BCUT2D eigenvalue weighted by atomic mass is 10.2. The molecule has 0 heterocycles. The van der Waals surface area contributed by atoms with Crippen LogP contribution in [-0.2, 0) is 10.0 Å². The van der Waals surface area contributed by atoms with Crippen LogP contribution in [-0.4, -0.2) is 20.9 Å². The molecule has 2 aromatic carbocycles. The fraction of sp³-hybridized carbons (Fsp3) is 0.118. The summed E-state index contributed by atoms with van der Waals surface area (Å²) in [6.07, 6.45) is 1.38. The second kappa shape index (κ2) is 7.37. The molecule has 0 aromatic heterocycles. The monoisotopic (exact) mass is 348 g/mol. The lowest BCUT2D eigenvalue weighted by Gasteiger charge is -2.09. The summed E-state index contributed by atoms with van der Waals surface area (Å²) in [5.74, 6) is -1.53. The standard InChI is InChI=1S/C17H17FN2O3S/c1-3-10-19-24(22,23)14-8-9-16(18)15(11-14)17(21)20-13-6-4-12(2)5-7-13/h3-9,11,19H,1,10H2,2H3,(H,20,21). The first kappa shape index (κ1) is 17.8. The van der Waals surface area contributed by atoms with Crippen molar-refractivity contribution in [1.82, 2.24) is 4.72 Å². The van der Waals surface area contributed by atoms with E-state index in [1.54, 1.807) is 24.3 Å². The van der Waals surface area contributed by atoms with Crippen molar-refractivity contribution < 1.29 is 17.6 Å². The molecule has 0 atom stereocenters. The van der Waals surface area contributed by atoms with Crippen LogP contribution < -0.4 is 10.0 Å². The summed E-state index contributed by atoms with van der Waals surface area (Å²) in [5.41, 5.74) is 1.15. The maximum atomic E-state index is 13.9. The number of rotatable bonds is 6. The third-order valence-electron chi connectivity index (χ3n) is 3.22. The Balaban J connectivity index is 2.29. The summed E-state index contributed by atoms with van der Waals surface area (Å²) in [5, 5.41) is 2.54. The number of hydrogen-bond donors (Lipinski definition) is 2. The molecule has 0 bridgehead atoms. The summed E-state index contributed by atoms with van der Waals surface area (Å²) in [4.78, 5) is 12.0. The van der Waals surface area contributed by atoms with Gasteiger partial charge in [0, 0.05) is 12.2 Å². The molecule has 0 aliphatic heterocycles. The van der Waals surface area contributed by atoms with Gasteiger partial charge in [-0.05, 0) is 37.3 Å². The topological polar surface area (TPSA) is 75.3 Å². The molecule has 2 rings (SSSR count). The predicted molar refractivity (Wildman–Crippen MR) is 90.9 cm³/mol. The van der Waals surface area contributed by atoms with Crippen molar-refractivity contribution in [2.75, 3.05) is 11.9 Å². The van der Waals surface area contributed by atoms with E-state index in [2.05, 4.69) is 16.6 Å². The molecule has 0 radical (unpaired) electrons. The zero-order chi connectivity index (χ0) is 17.7. The molecule has 0 fully saturated rings. The van der Waals surface area contributed by atoms with Gasteiger partial charge in [-0.3, -0.25) is 4.79 Å². The van der Waals surface area contributed by atoms with Crippen molar-refractivity contribution in [3.63, 3.8) is 0 Å². The van der Waals surface area contributed by atoms with Gasteiger partial charge in [-0.15, -0.1) is 6.58 Å². The Bertz CT molecular complexity index is 862. The lowest BCUT2D eigenvalue weighted by Crippen LogP contribution is -2.24. The molecule has 1 amide bonds. The highest BCUT2D eigenvalue weighted by molar-refractivity contribution is 7.89. The highest BCUT2D eigenvalue weighted by Crippen LogP contribution is 2.17. The predicted octanol–water partition coefficient (Wildman–Crippen LogP) is 2.85. The average Bonchev–Trinajstić information content (AvgIpc) is 2.55. The van der Waals surface area contributed by atoms with E-state index in [0.717, 1.165) is 23.8 Å². The molecule has 0 aliphatic carbocycles. The normalized spacial score (nSPS) is 11.1. The van der Waals surface area contributed by atoms with Crippen LogP contribution in [0.2, 0.25) is 0 Å². The highest BCUT2D eigenvalue weighted by Gasteiger charge is 2.19. The van der Waals surface area contributed by atoms with Gasteiger partial charge < -0.3 is 5.32 Å². The van der Waals surface area contributed by atoms with Crippen LogP contribution in [0.4, 0.5) is 10.1 Å². The van der Waals surface area contributed by atoms with E-state index in [-0.39, 0.29) is 17.0 Å². The van der Waals surface area contributed by atoms with Crippen LogP contribution in [0, 0.1) is 12.7 Å². The van der Waals surface area contributed by atoms with Crippen molar-refractivity contribution in [1.29, 1.82) is 0 Å². The van der Waals surface area contributed by atoms with E-state index in [1.165, 1.54) is 6.08 Å². The number of halogens is 1. The molecule has 0 saturated carbocycles. The first-order valence-electron chi connectivity index (χ1n) is 7.11. The minimum absolute atomic E-state index is 0.0323. The Morgan fingerprint density at radius 3 is 2.50 bits per heavy atom. The summed E-state index contributed by atoms with van der Waals surface area (Å²) in [6.45, 7) is 5.35. The quantitative estimate of drug-likeness (QED) is 0.788. The molecule has 0 aliphatic rings. The number of carbonyl (C=O) groups is 1. The molecule has 5 nitrogen and oxygen atoms in total. The van der Waals surface area contributed by atoms with E-state index in [4.69, 9.17) is 0 Å². The van der Waals surface area contributed by atoms with Crippen LogP contribution in [0.15, 0.2) is 60.0 Å². The number of anilines is 1. The maximum Gasteiger partial charge on any atom is 0.258 e. The third kappa shape index (κ3) is 4.27. The van der Waals surface area contributed by atoms with Gasteiger partial charge >= 0.3 is 0 Å². The summed E-state index contributed by atoms with van der Waals surface area (Å²) in [7, 11) is -3.84. The van der Waals surface area contributed by atoms with E-state index < -0.39 is 21.7 Å². The molecule has 7 heteroatoms. The zero-order valence-corrected chi connectivity index (χ0v) is 13.9. The molecular weight excluding hydrogens is 331 g/mol. The zero-order valence-electron chi connectivity index (χ0n) is 13.0. The van der Waals surface area contributed by atoms with E-state index >= 15 is 0 Å². The fourth-order valence-electron chi connectivity index (χ4n) is 1.93. The largest absolute Gasteiger partial charge is 0.322 e. The van der Waals surface area contributed by atoms with E-state index in [0.29, 0.717) is 5.69 Å². The van der Waals surface area contributed by atoms with Crippen LogP contribution >= 0.6 is 0 Å². The van der Waals surface area contributed by atoms with Crippen LogP contribution in [0.5, 0.6) is 0 Å². The number of benzene rings is 2. The first-order chi connectivity index (χ1) is 11.3. The van der Waals surface area contributed by atoms with Crippen LogP contribution in [0.25, 0.3) is 0 Å². The molecule has 24 heavy (non-hydrogen) atoms. The number of amides is 1. The Hall–Kier alpha value is -2.51. The number of carbonyl (C=O) groups excluding carboxylic acids is 1. The highest BCUT2D eigenvalue weighted by atomic mass is 32.2. The van der Waals surface area contributed by atoms with Crippen molar-refractivity contribution in [2.24, 2.45) is 0 Å². The minimum Gasteiger partial charge on any atom is -0.322 e. The van der Waals surface area contributed by atoms with Gasteiger partial charge in [-0.25, -0.2) is 17.5 Å². The Morgan fingerprint density at radius 2 is 1.88 bits per heavy atom. The van der Waals surface area contributed by atoms with Crippen molar-refractivity contribution in [3.05, 3.63) is 72.1 Å². The SMILES string of the molecule is C=CCNS(=O)(=O)c1ccc(F)c(C(=O)Nc2ccc(C)cc2)c1. The van der Waals surface area contributed by atoms with E-state index in [1.807, 2.05) is 6.92 Å². The Kier molecular flexibility index (Phi) is 5.48. The van der Waals surface area contributed by atoms with Crippen LogP contribution in [0.3, 0.4) is 0 Å². The summed E-state index contributed by atoms with van der Waals surface area (Å²) in [6, 6.07) is 10.0. The Morgan fingerprint density at radius 1 is 1.21 bits per heavy atom. The molecule has 2 aromatic rings. The van der Waals surface area contributed by atoms with Crippen molar-refractivity contribution in [3.8, 4) is 0 Å². The molecule has 0 saturated heterocycles. The maximum absolute atomic E-state index is 13.9. The van der Waals surface area contributed by atoms with Crippen LogP contribution in [0.1, 0.15) is 15.9 Å². The summed E-state index contributed by atoms with van der Waals surface area (Å²) >= 11 is 0. The van der Waals surface area contributed by atoms with Gasteiger partial charge in [0.2, 0.25) is 10.0 Å². The fourth-order valence-corrected chi connectivity index (χ4v) is 2.96. The number of sulfonamides is 1. The number of aryl methyl sites for hydroxylation is 1. The number of hydrogen-bond acceptors (Lipinski definition) is 3. The van der Waals surface area contributed by atoms with Crippen molar-refractivity contribution in [2.45, 2.75) is 11.8 Å². The van der Waals surface area contributed by atoms with Gasteiger partial charge in [-0.2, -0.15) is 0 Å². The molecule has 0 unspecified atom stereocenters. The van der Waals surface area contributed by atoms with Gasteiger partial charge in [-0.1, -0.05) is 23.8 Å². The van der Waals surface area contributed by atoms with E-state index in [9.17, 15) is 17.6 Å². The smallest absolute Gasteiger partial charge is 0.258 e. The number of nitrogens with one attached hydrogen (secondary N) is 2. The second-order valence-corrected chi connectivity index (χ2v) is 6.87. The minimum atomic E-state index is -3.84. The van der Waals surface area contributed by atoms with Gasteiger partial charge in [0.25, 0.3) is 5.91 Å². The van der Waals surface area contributed by atoms with Gasteiger partial charge in [0.1, 0.15) is 5.82 Å². The summed E-state index contributed by atoms with van der Waals surface area (Å²) < 4.78 is 40.3.